The van der Waals surface area contributed by atoms with Gasteiger partial charge in [0.15, 0.2) is 0 Å². The van der Waals surface area contributed by atoms with Crippen LogP contribution in [0.4, 0.5) is 4.39 Å². The molecule has 0 aliphatic carbocycles. The Morgan fingerprint density at radius 1 is 1.24 bits per heavy atom. The van der Waals surface area contributed by atoms with Crippen molar-refractivity contribution in [3.63, 3.8) is 0 Å². The molecule has 7 heteroatoms. The first-order valence-electron chi connectivity index (χ1n) is 9.26. The van der Waals surface area contributed by atoms with Gasteiger partial charge in [0.05, 0.1) is 6.04 Å². The highest BCUT2D eigenvalue weighted by Crippen LogP contribution is 2.26. The van der Waals surface area contributed by atoms with E-state index in [4.69, 9.17) is 0 Å². The number of likely N-dealkylation sites (N-methyl/N-ethyl adjacent to an activating group) is 1. The molecule has 0 saturated carbocycles. The summed E-state index contributed by atoms with van der Waals surface area (Å²) in [5.41, 5.74) is 3.63. The van der Waals surface area contributed by atoms with Crippen molar-refractivity contribution in [3.05, 3.63) is 82.1 Å². The quantitative estimate of drug-likeness (QED) is 0.517. The zero-order valence-corrected chi connectivity index (χ0v) is 18.3. The molecular formula is C22H24FN3OS2. The second-order valence-corrected chi connectivity index (χ2v) is 9.07. The minimum atomic E-state index is -0.276. The number of aromatic nitrogens is 1. The van der Waals surface area contributed by atoms with Gasteiger partial charge in [0.2, 0.25) is 0 Å². The minimum Gasteiger partial charge on any atom is -0.350 e. The molecule has 1 unspecified atom stereocenters. The molecule has 0 radical (unpaired) electrons. The van der Waals surface area contributed by atoms with Gasteiger partial charge in [0.25, 0.3) is 5.91 Å². The lowest BCUT2D eigenvalue weighted by atomic mass is 10.1. The van der Waals surface area contributed by atoms with E-state index in [0.717, 1.165) is 26.9 Å². The number of rotatable bonds is 8. The predicted octanol–water partition coefficient (Wildman–Crippen LogP) is 4.92. The van der Waals surface area contributed by atoms with E-state index >= 15 is 0 Å². The Labute approximate surface area is 179 Å². The van der Waals surface area contributed by atoms with E-state index in [1.807, 2.05) is 61.6 Å². The number of thiazole rings is 1. The fourth-order valence-corrected chi connectivity index (χ4v) is 4.71. The molecule has 1 amide bonds. The van der Waals surface area contributed by atoms with Gasteiger partial charge in [-0.3, -0.25) is 4.79 Å². The summed E-state index contributed by atoms with van der Waals surface area (Å²) in [5, 5.41) is 5.00. The molecular weight excluding hydrogens is 405 g/mol. The van der Waals surface area contributed by atoms with Gasteiger partial charge >= 0.3 is 0 Å². The molecule has 0 bridgehead atoms. The fraction of sp³-hybridized carbons (Fsp3) is 0.273. The lowest BCUT2D eigenvalue weighted by Gasteiger charge is -2.25. The van der Waals surface area contributed by atoms with Crippen LogP contribution in [0.25, 0.3) is 0 Å². The lowest BCUT2D eigenvalue weighted by Crippen LogP contribution is -2.34. The number of hydrogen-bond donors (Lipinski definition) is 1. The van der Waals surface area contributed by atoms with E-state index in [1.54, 1.807) is 29.2 Å². The van der Waals surface area contributed by atoms with Crippen LogP contribution in [0, 0.1) is 12.7 Å². The van der Waals surface area contributed by atoms with Gasteiger partial charge in [-0.15, -0.1) is 11.3 Å². The minimum absolute atomic E-state index is 0.105. The van der Waals surface area contributed by atoms with Gasteiger partial charge in [-0.2, -0.15) is 0 Å². The normalized spacial score (nSPS) is 12.2. The lowest BCUT2D eigenvalue weighted by molar-refractivity contribution is 0.0942. The summed E-state index contributed by atoms with van der Waals surface area (Å²) in [4.78, 5) is 19.0. The average molecular weight is 430 g/mol. The molecule has 3 aromatic rings. The molecule has 29 heavy (non-hydrogen) atoms. The molecule has 3 rings (SSSR count). The summed E-state index contributed by atoms with van der Waals surface area (Å²) in [7, 11) is 3.83. The van der Waals surface area contributed by atoms with Gasteiger partial charge in [0, 0.05) is 28.9 Å². The van der Waals surface area contributed by atoms with Crippen molar-refractivity contribution in [1.29, 1.82) is 0 Å². The molecule has 0 aliphatic rings. The van der Waals surface area contributed by atoms with Gasteiger partial charge in [0.1, 0.15) is 10.2 Å². The van der Waals surface area contributed by atoms with Crippen LogP contribution in [0.3, 0.4) is 0 Å². The molecule has 1 atom stereocenters. The maximum atomic E-state index is 13.6. The van der Waals surface area contributed by atoms with E-state index in [1.165, 1.54) is 12.1 Å². The third-order valence-corrected chi connectivity index (χ3v) is 6.70. The van der Waals surface area contributed by atoms with Crippen molar-refractivity contribution in [2.75, 3.05) is 20.6 Å². The Hall–Kier alpha value is -2.22. The number of amides is 1. The van der Waals surface area contributed by atoms with Crippen LogP contribution in [0.5, 0.6) is 0 Å². The second-order valence-electron chi connectivity index (χ2n) is 6.98. The van der Waals surface area contributed by atoms with Gasteiger partial charge < -0.3 is 10.2 Å². The van der Waals surface area contributed by atoms with Crippen LogP contribution in [0.2, 0.25) is 0 Å². The van der Waals surface area contributed by atoms with Crippen LogP contribution in [0.1, 0.15) is 33.2 Å². The summed E-state index contributed by atoms with van der Waals surface area (Å²) in [6.45, 7) is 2.39. The first-order valence-corrected chi connectivity index (χ1v) is 11.1. The number of nitrogens with one attached hydrogen (secondary N) is 1. The Balaban J connectivity index is 1.56. The molecule has 0 aliphatic heterocycles. The van der Waals surface area contributed by atoms with E-state index < -0.39 is 0 Å². The monoisotopic (exact) mass is 429 g/mol. The maximum absolute atomic E-state index is 13.6. The molecule has 0 fully saturated rings. The number of hydrogen-bond acceptors (Lipinski definition) is 5. The van der Waals surface area contributed by atoms with E-state index in [0.29, 0.717) is 12.1 Å². The number of carbonyl (C=O) groups excluding carboxylic acids is 1. The summed E-state index contributed by atoms with van der Waals surface area (Å²) >= 11 is 3.34. The predicted molar refractivity (Wildman–Crippen MR) is 118 cm³/mol. The Kier molecular flexibility index (Phi) is 7.41. The van der Waals surface area contributed by atoms with Crippen molar-refractivity contribution in [3.8, 4) is 0 Å². The van der Waals surface area contributed by atoms with Crippen LogP contribution in [-0.2, 0) is 5.75 Å². The largest absolute Gasteiger partial charge is 0.350 e. The van der Waals surface area contributed by atoms with Crippen LogP contribution < -0.4 is 5.32 Å². The number of nitrogens with zero attached hydrogens (tertiary/aromatic N) is 2. The highest BCUT2D eigenvalue weighted by molar-refractivity contribution is 8.00. The molecule has 152 valence electrons. The topological polar surface area (TPSA) is 45.2 Å². The first-order chi connectivity index (χ1) is 13.9. The third kappa shape index (κ3) is 6.13. The number of halogens is 1. The van der Waals surface area contributed by atoms with Crippen molar-refractivity contribution in [2.24, 2.45) is 0 Å². The number of carbonyl (C=O) groups is 1. The smallest absolute Gasteiger partial charge is 0.251 e. The fourth-order valence-electron chi connectivity index (χ4n) is 2.90. The van der Waals surface area contributed by atoms with Crippen molar-refractivity contribution in [1.82, 2.24) is 15.2 Å². The summed E-state index contributed by atoms with van der Waals surface area (Å²) in [5.74, 6) is 0.405. The summed E-state index contributed by atoms with van der Waals surface area (Å²) in [6.07, 6.45) is 0. The first kappa shape index (κ1) is 21.5. The van der Waals surface area contributed by atoms with Crippen molar-refractivity contribution >= 4 is 29.0 Å². The summed E-state index contributed by atoms with van der Waals surface area (Å²) in [6, 6.07) is 14.0. The van der Waals surface area contributed by atoms with Gasteiger partial charge in [-0.25, -0.2) is 9.37 Å². The number of thioether (sulfide) groups is 1. The summed E-state index contributed by atoms with van der Waals surface area (Å²) < 4.78 is 14.6. The Morgan fingerprint density at radius 3 is 2.62 bits per heavy atom. The molecule has 2 aromatic carbocycles. The molecule has 0 saturated heterocycles. The molecule has 1 heterocycles. The Morgan fingerprint density at radius 2 is 2.00 bits per heavy atom. The third-order valence-electron chi connectivity index (χ3n) is 4.49. The maximum Gasteiger partial charge on any atom is 0.251 e. The number of benzene rings is 2. The average Bonchev–Trinajstić information content (AvgIpc) is 3.12. The Bertz CT molecular complexity index is 957. The molecule has 4 nitrogen and oxygen atoms in total. The van der Waals surface area contributed by atoms with E-state index in [9.17, 15) is 9.18 Å². The van der Waals surface area contributed by atoms with Gasteiger partial charge in [-0.1, -0.05) is 36.0 Å². The SMILES string of the molecule is Cc1csc(SCc2ccc(C(=O)NCC(c3cccc(F)c3)N(C)C)cc2)n1. The van der Waals surface area contributed by atoms with Crippen LogP contribution in [0.15, 0.2) is 58.3 Å². The van der Waals surface area contributed by atoms with Crippen LogP contribution >= 0.6 is 23.1 Å². The van der Waals surface area contributed by atoms with Crippen molar-refractivity contribution in [2.45, 2.75) is 23.1 Å². The molecule has 0 spiro atoms. The second kappa shape index (κ2) is 10.0. The zero-order chi connectivity index (χ0) is 20.8. The standard InChI is InChI=1S/C22H24FN3OS2/c1-15-13-28-22(25-15)29-14-16-7-9-17(10-8-16)21(27)24-12-20(26(2)3)18-5-4-6-19(23)11-18/h4-11,13,20H,12,14H2,1-3H3,(H,24,27). The van der Waals surface area contributed by atoms with E-state index in [2.05, 4.69) is 10.3 Å². The zero-order valence-electron chi connectivity index (χ0n) is 16.7. The molecule has 1 aromatic heterocycles. The number of aryl methyl sites for hydroxylation is 1. The molecule has 1 N–H and O–H groups in total. The highest BCUT2D eigenvalue weighted by Gasteiger charge is 2.16. The van der Waals surface area contributed by atoms with Crippen molar-refractivity contribution < 1.29 is 9.18 Å². The van der Waals surface area contributed by atoms with Gasteiger partial charge in [-0.05, 0) is 56.4 Å². The van der Waals surface area contributed by atoms with Crippen LogP contribution in [-0.4, -0.2) is 36.4 Å². The highest BCUT2D eigenvalue weighted by atomic mass is 32.2. The van der Waals surface area contributed by atoms with E-state index in [-0.39, 0.29) is 17.8 Å².